The predicted octanol–water partition coefficient (Wildman–Crippen LogP) is 16.3. The molecule has 16 heteroatoms. The Balaban J connectivity index is 0.851. The number of anilines is 4. The fourth-order valence-electron chi connectivity index (χ4n) is 9.43. The van der Waals surface area contributed by atoms with Gasteiger partial charge in [0.05, 0.1) is 0 Å². The summed E-state index contributed by atoms with van der Waals surface area (Å²) in [6, 6.07) is 71.7. The maximum Gasteiger partial charge on any atom is 0.296 e. The Bertz CT molecular complexity index is 4100. The quantitative estimate of drug-likeness (QED) is 0.0527. The number of benzene rings is 10. The summed E-state index contributed by atoms with van der Waals surface area (Å²) in [5, 5.41) is 13.8. The van der Waals surface area contributed by atoms with Crippen molar-refractivity contribution in [3.63, 3.8) is 0 Å². The van der Waals surface area contributed by atoms with Crippen molar-refractivity contribution in [1.29, 1.82) is 0 Å². The second kappa shape index (κ2) is 21.4. The molecule has 0 bridgehead atoms. The summed E-state index contributed by atoms with van der Waals surface area (Å²) in [7, 11) is -10.7. The van der Waals surface area contributed by atoms with Crippen LogP contribution in [-0.2, 0) is 20.2 Å². The number of ether oxygens (including phenoxy) is 4. The standard InChI is InChI=1S/C64H44N4O10S2/c69-79(70,71)63(45-29-33-47(34-30-45)65-59-37-49(75-55-25-9-17-41-13-1-5-21-51(41)55)39-61(67-59)77-57-27-11-19-43-15-3-7-23-53(43)57)64(80(72,73)74)46-31-35-48(36-32-46)66-60-38-50(76-56-26-10-18-42-14-2-6-22-52(42)56)40-62(68-60)78-58-28-12-20-44-16-4-8-24-54(44)58/h1-40H,(H,65,67)(H,66,68)(H,69,70,71)(H,72,73,74). The van der Waals surface area contributed by atoms with E-state index in [-0.39, 0.29) is 34.5 Å². The molecule has 12 rings (SSSR count). The van der Waals surface area contributed by atoms with E-state index < -0.39 is 30.0 Å². The molecule has 2 heterocycles. The Morgan fingerprint density at radius 1 is 0.338 bits per heavy atom. The molecule has 80 heavy (non-hydrogen) atoms. The van der Waals surface area contributed by atoms with Gasteiger partial charge in [0.25, 0.3) is 20.2 Å². The molecule has 0 saturated heterocycles. The van der Waals surface area contributed by atoms with E-state index in [1.165, 1.54) is 48.5 Å². The second-order valence-corrected chi connectivity index (χ2v) is 21.1. The van der Waals surface area contributed by atoms with Crippen molar-refractivity contribution >= 4 is 96.1 Å². The van der Waals surface area contributed by atoms with E-state index in [1.807, 2.05) is 170 Å². The zero-order valence-corrected chi connectivity index (χ0v) is 43.6. The minimum atomic E-state index is -5.35. The highest BCUT2D eigenvalue weighted by Crippen LogP contribution is 2.40. The lowest BCUT2D eigenvalue weighted by Gasteiger charge is -2.16. The van der Waals surface area contributed by atoms with Crippen LogP contribution in [0.25, 0.3) is 52.9 Å². The lowest BCUT2D eigenvalue weighted by molar-refractivity contribution is 0.451. The molecule has 2 aromatic heterocycles. The number of fused-ring (bicyclic) bond motifs is 4. The molecule has 10 aromatic carbocycles. The molecule has 0 amide bonds. The van der Waals surface area contributed by atoms with Gasteiger partial charge in [-0.15, -0.1) is 0 Å². The van der Waals surface area contributed by atoms with Crippen molar-refractivity contribution in [3.05, 3.63) is 254 Å². The van der Waals surface area contributed by atoms with Gasteiger partial charge in [-0.25, -0.2) is 0 Å². The Morgan fingerprint density at radius 3 is 0.938 bits per heavy atom. The van der Waals surface area contributed by atoms with E-state index >= 15 is 0 Å². The van der Waals surface area contributed by atoms with Crippen molar-refractivity contribution in [1.82, 2.24) is 9.97 Å². The van der Waals surface area contributed by atoms with E-state index in [2.05, 4.69) is 10.6 Å². The molecular weight excluding hydrogens is 1050 g/mol. The molecule has 0 saturated carbocycles. The first-order valence-electron chi connectivity index (χ1n) is 25.0. The third-order valence-electron chi connectivity index (χ3n) is 13.0. The van der Waals surface area contributed by atoms with Crippen molar-refractivity contribution < 1.29 is 44.9 Å². The van der Waals surface area contributed by atoms with Crippen LogP contribution in [-0.4, -0.2) is 35.9 Å². The smallest absolute Gasteiger partial charge is 0.296 e. The van der Waals surface area contributed by atoms with Crippen LogP contribution < -0.4 is 29.6 Å². The van der Waals surface area contributed by atoms with E-state index in [0.29, 0.717) is 45.9 Å². The third-order valence-corrected chi connectivity index (χ3v) is 15.0. The van der Waals surface area contributed by atoms with Crippen LogP contribution in [0.2, 0.25) is 0 Å². The highest BCUT2D eigenvalue weighted by molar-refractivity contribution is 8.01. The molecule has 4 N–H and O–H groups in total. The highest BCUT2D eigenvalue weighted by atomic mass is 32.2. The maximum absolute atomic E-state index is 13.3. The number of hydrogen-bond acceptors (Lipinski definition) is 12. The van der Waals surface area contributed by atoms with Crippen LogP contribution in [0.1, 0.15) is 11.1 Å². The highest BCUT2D eigenvalue weighted by Gasteiger charge is 2.31. The minimum absolute atomic E-state index is 0.195. The Hall–Kier alpha value is -10.1. The van der Waals surface area contributed by atoms with E-state index in [4.69, 9.17) is 28.9 Å². The zero-order chi connectivity index (χ0) is 54.8. The fraction of sp³-hybridized carbons (Fsp3) is 0. The van der Waals surface area contributed by atoms with Crippen molar-refractivity contribution in [2.75, 3.05) is 10.6 Å². The van der Waals surface area contributed by atoms with Gasteiger partial charge >= 0.3 is 0 Å². The number of nitrogens with one attached hydrogen (secondary N) is 2. The number of rotatable bonds is 16. The largest absolute Gasteiger partial charge is 0.456 e. The van der Waals surface area contributed by atoms with Gasteiger partial charge in [0.2, 0.25) is 11.8 Å². The van der Waals surface area contributed by atoms with Gasteiger partial charge in [0, 0.05) is 57.2 Å². The van der Waals surface area contributed by atoms with Crippen LogP contribution in [0, 0.1) is 0 Å². The monoisotopic (exact) mass is 1090 g/mol. The normalized spacial score (nSPS) is 12.0. The maximum atomic E-state index is 13.3. The van der Waals surface area contributed by atoms with Crippen LogP contribution in [0.4, 0.5) is 23.0 Å². The number of pyridine rings is 2. The van der Waals surface area contributed by atoms with Crippen LogP contribution in [0.15, 0.2) is 243 Å². The second-order valence-electron chi connectivity index (χ2n) is 18.4. The van der Waals surface area contributed by atoms with Crippen molar-refractivity contribution in [3.8, 4) is 46.3 Å². The van der Waals surface area contributed by atoms with Crippen molar-refractivity contribution in [2.45, 2.75) is 0 Å². The molecular formula is C64H44N4O10S2. The van der Waals surface area contributed by atoms with Gasteiger partial charge in [0.1, 0.15) is 55.9 Å². The summed E-state index contributed by atoms with van der Waals surface area (Å²) in [5.74, 6) is 4.00. The minimum Gasteiger partial charge on any atom is -0.456 e. The van der Waals surface area contributed by atoms with E-state index in [0.717, 1.165) is 43.1 Å². The first-order valence-corrected chi connectivity index (χ1v) is 27.8. The van der Waals surface area contributed by atoms with Gasteiger partial charge in [-0.2, -0.15) is 26.8 Å². The first kappa shape index (κ1) is 50.7. The summed E-state index contributed by atoms with van der Waals surface area (Å²) < 4.78 is 100. The van der Waals surface area contributed by atoms with Crippen LogP contribution in [0.3, 0.4) is 0 Å². The molecule has 0 fully saturated rings. The van der Waals surface area contributed by atoms with E-state index in [9.17, 15) is 25.9 Å². The molecule has 0 spiro atoms. The topological polar surface area (TPSA) is 196 Å². The lowest BCUT2D eigenvalue weighted by Crippen LogP contribution is -2.11. The molecule has 0 aliphatic carbocycles. The number of nitrogens with zero attached hydrogens (tertiary/aromatic N) is 2. The number of hydrogen-bond donors (Lipinski definition) is 4. The van der Waals surface area contributed by atoms with Crippen molar-refractivity contribution in [2.24, 2.45) is 0 Å². The van der Waals surface area contributed by atoms with Gasteiger partial charge in [0.15, 0.2) is 0 Å². The van der Waals surface area contributed by atoms with Crippen LogP contribution >= 0.6 is 0 Å². The Labute approximate surface area is 459 Å². The molecule has 0 unspecified atom stereocenters. The SMILES string of the molecule is O=S(=O)(O)C(=C(c1ccc(Nc2cc(Oc3cccc4ccccc34)cc(Oc3cccc4ccccc34)n2)cc1)S(=O)(=O)O)c1ccc(Nc2cc(Oc3cccc4ccccc34)cc(Oc3cccc4ccccc34)n2)cc1. The Morgan fingerprint density at radius 2 is 0.625 bits per heavy atom. The average molecular weight is 1090 g/mol. The molecule has 0 radical (unpaired) electrons. The molecule has 0 aliphatic heterocycles. The molecule has 12 aromatic rings. The summed E-state index contributed by atoms with van der Waals surface area (Å²) in [6.45, 7) is 0. The molecule has 0 aliphatic rings. The van der Waals surface area contributed by atoms with Gasteiger partial charge in [-0.05, 0) is 81.2 Å². The van der Waals surface area contributed by atoms with Gasteiger partial charge in [-0.3, -0.25) is 9.11 Å². The molecule has 14 nitrogen and oxygen atoms in total. The summed E-state index contributed by atoms with van der Waals surface area (Å²) in [5.41, 5.74) is 0.257. The van der Waals surface area contributed by atoms with Gasteiger partial charge < -0.3 is 29.6 Å². The summed E-state index contributed by atoms with van der Waals surface area (Å²) in [6.07, 6.45) is 0. The molecule has 392 valence electrons. The Kier molecular flexibility index (Phi) is 13.5. The summed E-state index contributed by atoms with van der Waals surface area (Å²) >= 11 is 0. The van der Waals surface area contributed by atoms with E-state index in [1.54, 1.807) is 24.3 Å². The number of aromatic nitrogens is 2. The summed E-state index contributed by atoms with van der Waals surface area (Å²) in [4.78, 5) is 7.35. The van der Waals surface area contributed by atoms with Crippen LogP contribution in [0.5, 0.6) is 46.3 Å². The fourth-order valence-corrected chi connectivity index (χ4v) is 11.6. The average Bonchev–Trinajstić information content (AvgIpc) is 3.45. The van der Waals surface area contributed by atoms with Gasteiger partial charge in [-0.1, -0.05) is 170 Å². The predicted molar refractivity (Wildman–Crippen MR) is 314 cm³/mol. The third kappa shape index (κ3) is 11.0. The zero-order valence-electron chi connectivity index (χ0n) is 42.0. The molecule has 0 atom stereocenters. The lowest BCUT2D eigenvalue weighted by atomic mass is 10.1. The first-order chi connectivity index (χ1) is 38.8.